The van der Waals surface area contributed by atoms with Crippen molar-refractivity contribution in [3.05, 3.63) is 182 Å². The summed E-state index contributed by atoms with van der Waals surface area (Å²) in [5, 5.41) is 12.9. The molecule has 0 saturated heterocycles. The van der Waals surface area contributed by atoms with Crippen LogP contribution < -0.4 is 0 Å². The fraction of sp³-hybridized carbons (Fsp3) is 0. The van der Waals surface area contributed by atoms with E-state index in [1.165, 1.54) is 108 Å². The lowest BCUT2D eigenvalue weighted by Gasteiger charge is -2.26. The summed E-state index contributed by atoms with van der Waals surface area (Å²) >= 11 is 1.90. The zero-order chi connectivity index (χ0) is 33.5. The van der Waals surface area contributed by atoms with Gasteiger partial charge in [0, 0.05) is 20.7 Å². The predicted molar refractivity (Wildman–Crippen MR) is 220 cm³/mol. The van der Waals surface area contributed by atoms with Gasteiger partial charge in [0.15, 0.2) is 0 Å². The second-order valence-corrected chi connectivity index (χ2v) is 14.7. The number of fused-ring (bicyclic) bond motifs is 8. The molecule has 1 heteroatoms. The van der Waals surface area contributed by atoms with Crippen LogP contribution in [0.4, 0.5) is 0 Å². The number of hydrogen-bond donors (Lipinski definition) is 0. The van der Waals surface area contributed by atoms with Gasteiger partial charge in [-0.1, -0.05) is 163 Å². The zero-order valence-corrected chi connectivity index (χ0v) is 28.5. The molecule has 0 saturated carbocycles. The van der Waals surface area contributed by atoms with Gasteiger partial charge < -0.3 is 0 Å². The molecule has 0 aromatic heterocycles. The van der Waals surface area contributed by atoms with E-state index in [0.717, 1.165) is 0 Å². The molecule has 0 atom stereocenters. The molecule has 0 spiro atoms. The topological polar surface area (TPSA) is 0 Å². The van der Waals surface area contributed by atoms with E-state index in [9.17, 15) is 0 Å². The standard InChI is InChI=1S/C50H30S/c1-2-11-31(12-3-1)34-23-26-43-47(30-34)51-46-20-10-19-41-45-29-36(44-28-35-15-6-7-16-38(35)39-17-8-9-18-40(39)44)24-25-42(45)48(50(43)49(41)46)37-22-21-32-13-4-5-14-33(32)27-37/h1-30H. The Morgan fingerprint density at radius 3 is 1.86 bits per heavy atom. The largest absolute Gasteiger partial charge is 0.0887 e. The Labute approximate surface area is 300 Å². The Morgan fingerprint density at radius 1 is 0.275 bits per heavy atom. The van der Waals surface area contributed by atoms with Crippen molar-refractivity contribution in [2.24, 2.45) is 0 Å². The lowest BCUT2D eigenvalue weighted by atomic mass is 9.83. The SMILES string of the molecule is c1ccc(-c2ccc3c(c2)Sc2cccc4c2c-3c(-c2ccc3ccccc3c2)c2ccc(-c3cc5ccccc5c5ccccc35)cc24)cc1. The highest BCUT2D eigenvalue weighted by molar-refractivity contribution is 7.99. The van der Waals surface area contributed by atoms with Gasteiger partial charge in [-0.2, -0.15) is 0 Å². The average Bonchev–Trinajstić information content (AvgIpc) is 3.20. The second-order valence-electron chi connectivity index (χ2n) is 13.6. The molecule has 1 heterocycles. The van der Waals surface area contributed by atoms with Crippen LogP contribution in [0.2, 0.25) is 0 Å². The van der Waals surface area contributed by atoms with Crippen LogP contribution in [0, 0.1) is 0 Å². The lowest BCUT2D eigenvalue weighted by Crippen LogP contribution is -1.98. The van der Waals surface area contributed by atoms with Crippen molar-refractivity contribution in [3.8, 4) is 44.5 Å². The molecule has 1 aliphatic rings. The molecule has 1 aliphatic heterocycles. The van der Waals surface area contributed by atoms with E-state index in [2.05, 4.69) is 182 Å². The van der Waals surface area contributed by atoms with E-state index in [1.54, 1.807) is 0 Å². The summed E-state index contributed by atoms with van der Waals surface area (Å²) in [6, 6.07) is 67.6. The summed E-state index contributed by atoms with van der Waals surface area (Å²) in [4.78, 5) is 2.61. The van der Waals surface area contributed by atoms with Crippen LogP contribution >= 0.6 is 11.8 Å². The Balaban J connectivity index is 1.24. The molecule has 10 aromatic carbocycles. The van der Waals surface area contributed by atoms with Crippen molar-refractivity contribution in [2.45, 2.75) is 9.79 Å². The van der Waals surface area contributed by atoms with Gasteiger partial charge in [0.25, 0.3) is 0 Å². The van der Waals surface area contributed by atoms with E-state index in [4.69, 9.17) is 0 Å². The van der Waals surface area contributed by atoms with E-state index >= 15 is 0 Å². The summed E-state index contributed by atoms with van der Waals surface area (Å²) in [5.41, 5.74) is 10.2. The highest BCUT2D eigenvalue weighted by Crippen LogP contribution is 2.55. The predicted octanol–water partition coefficient (Wildman–Crippen LogP) is 14.6. The van der Waals surface area contributed by atoms with Crippen molar-refractivity contribution < 1.29 is 0 Å². The molecule has 0 radical (unpaired) electrons. The molecule has 0 N–H and O–H groups in total. The van der Waals surface area contributed by atoms with E-state index in [-0.39, 0.29) is 0 Å². The molecule has 10 aromatic rings. The van der Waals surface area contributed by atoms with Gasteiger partial charge in [-0.15, -0.1) is 0 Å². The van der Waals surface area contributed by atoms with Gasteiger partial charge in [-0.3, -0.25) is 0 Å². The second kappa shape index (κ2) is 11.2. The van der Waals surface area contributed by atoms with Crippen LogP contribution in [-0.4, -0.2) is 0 Å². The molecule has 0 aliphatic carbocycles. The average molecular weight is 663 g/mol. The smallest absolute Gasteiger partial charge is 0.0207 e. The highest BCUT2D eigenvalue weighted by atomic mass is 32.2. The van der Waals surface area contributed by atoms with Crippen molar-refractivity contribution in [3.63, 3.8) is 0 Å². The fourth-order valence-electron chi connectivity index (χ4n) is 8.46. The molecule has 236 valence electrons. The quantitative estimate of drug-likeness (QED) is 0.170. The minimum atomic E-state index is 1.24. The first-order valence-electron chi connectivity index (χ1n) is 17.6. The van der Waals surface area contributed by atoms with Crippen molar-refractivity contribution >= 4 is 65.6 Å². The van der Waals surface area contributed by atoms with Crippen molar-refractivity contribution in [1.82, 2.24) is 0 Å². The molecule has 0 bridgehead atoms. The van der Waals surface area contributed by atoms with E-state index in [1.807, 2.05) is 11.8 Å². The van der Waals surface area contributed by atoms with Crippen LogP contribution in [0.1, 0.15) is 0 Å². The molecule has 0 amide bonds. The fourth-order valence-corrected chi connectivity index (χ4v) is 9.62. The van der Waals surface area contributed by atoms with E-state index in [0.29, 0.717) is 0 Å². The van der Waals surface area contributed by atoms with Crippen molar-refractivity contribution in [1.29, 1.82) is 0 Å². The Kier molecular flexibility index (Phi) is 6.29. The van der Waals surface area contributed by atoms with E-state index < -0.39 is 0 Å². The lowest BCUT2D eigenvalue weighted by molar-refractivity contribution is 1.40. The molecule has 11 rings (SSSR count). The third kappa shape index (κ3) is 4.42. The van der Waals surface area contributed by atoms with Gasteiger partial charge >= 0.3 is 0 Å². The molecular weight excluding hydrogens is 633 g/mol. The van der Waals surface area contributed by atoms with Crippen LogP contribution in [-0.2, 0) is 0 Å². The van der Waals surface area contributed by atoms with Gasteiger partial charge in [0.05, 0.1) is 0 Å². The first kappa shape index (κ1) is 28.7. The minimum absolute atomic E-state index is 1.24. The molecular formula is C50H30S. The normalized spacial score (nSPS) is 12.2. The van der Waals surface area contributed by atoms with Crippen molar-refractivity contribution in [2.75, 3.05) is 0 Å². The summed E-state index contributed by atoms with van der Waals surface area (Å²) in [5.74, 6) is 0. The summed E-state index contributed by atoms with van der Waals surface area (Å²) in [7, 11) is 0. The van der Waals surface area contributed by atoms with Crippen LogP contribution in [0.3, 0.4) is 0 Å². The maximum Gasteiger partial charge on any atom is 0.0207 e. The molecule has 0 unspecified atom stereocenters. The summed E-state index contributed by atoms with van der Waals surface area (Å²) < 4.78 is 0. The Morgan fingerprint density at radius 2 is 0.980 bits per heavy atom. The highest BCUT2D eigenvalue weighted by Gasteiger charge is 2.26. The van der Waals surface area contributed by atoms with Crippen LogP contribution in [0.15, 0.2) is 192 Å². The zero-order valence-electron chi connectivity index (χ0n) is 27.7. The Hall–Kier alpha value is -6.15. The van der Waals surface area contributed by atoms with Gasteiger partial charge in [-0.25, -0.2) is 0 Å². The van der Waals surface area contributed by atoms with Gasteiger partial charge in [0.2, 0.25) is 0 Å². The third-order valence-corrected chi connectivity index (χ3v) is 11.9. The summed E-state index contributed by atoms with van der Waals surface area (Å²) in [6.07, 6.45) is 0. The monoisotopic (exact) mass is 662 g/mol. The Bertz CT molecular complexity index is 3040. The number of benzene rings is 10. The number of hydrogen-bond acceptors (Lipinski definition) is 1. The van der Waals surface area contributed by atoms with Gasteiger partial charge in [-0.05, 0) is 118 Å². The number of rotatable bonds is 3. The minimum Gasteiger partial charge on any atom is -0.0887 e. The first-order chi connectivity index (χ1) is 25.3. The molecule has 0 fully saturated rings. The van der Waals surface area contributed by atoms with Crippen LogP contribution in [0.25, 0.3) is 98.4 Å². The first-order valence-corrected chi connectivity index (χ1v) is 18.4. The maximum absolute atomic E-state index is 2.46. The van der Waals surface area contributed by atoms with Gasteiger partial charge in [0.1, 0.15) is 0 Å². The molecule has 51 heavy (non-hydrogen) atoms. The summed E-state index contributed by atoms with van der Waals surface area (Å²) in [6.45, 7) is 0. The third-order valence-electron chi connectivity index (χ3n) is 10.8. The van der Waals surface area contributed by atoms with Crippen LogP contribution in [0.5, 0.6) is 0 Å². The molecule has 0 nitrogen and oxygen atoms in total. The maximum atomic E-state index is 2.46.